The number of fused-ring (bicyclic) bond motifs is 1. The molecule has 1 aromatic rings. The maximum atomic E-state index is 6.12. The minimum atomic E-state index is 0.271. The average Bonchev–Trinajstić information content (AvgIpc) is 3.01. The Hall–Kier alpha value is -0.930. The average molecular weight is 254 g/mol. The third-order valence-electron chi connectivity index (χ3n) is 3.24. The lowest BCUT2D eigenvalue weighted by Gasteiger charge is -2.06. The highest BCUT2D eigenvalue weighted by Crippen LogP contribution is 2.39. The molecule has 1 aliphatic carbocycles. The molecular formula is C13H16ClNO2. The molecule has 1 N–H and O–H groups in total. The molecule has 2 aliphatic rings. The monoisotopic (exact) mass is 253 g/mol. The van der Waals surface area contributed by atoms with E-state index in [1.165, 1.54) is 19.3 Å². The second-order valence-electron chi connectivity index (χ2n) is 4.72. The van der Waals surface area contributed by atoms with Crippen molar-refractivity contribution in [2.45, 2.75) is 25.8 Å². The van der Waals surface area contributed by atoms with Crippen molar-refractivity contribution < 1.29 is 9.47 Å². The van der Waals surface area contributed by atoms with E-state index >= 15 is 0 Å². The fourth-order valence-electron chi connectivity index (χ4n) is 2.07. The van der Waals surface area contributed by atoms with Gasteiger partial charge in [-0.25, -0.2) is 0 Å². The zero-order valence-corrected chi connectivity index (χ0v) is 10.4. The molecule has 0 aromatic heterocycles. The Morgan fingerprint density at radius 1 is 1.29 bits per heavy atom. The maximum Gasteiger partial charge on any atom is 0.231 e. The van der Waals surface area contributed by atoms with Gasteiger partial charge in [0.2, 0.25) is 6.79 Å². The normalized spacial score (nSPS) is 17.5. The van der Waals surface area contributed by atoms with E-state index in [9.17, 15) is 0 Å². The lowest BCUT2D eigenvalue weighted by molar-refractivity contribution is 0.174. The Morgan fingerprint density at radius 3 is 3.00 bits per heavy atom. The standard InChI is InChI=1S/C13H16ClNO2/c14-11-5-10(6-12-13(11)17-8-16-12)7-15-4-3-9-1-2-9/h5-6,9,15H,1-4,7-8H2. The number of ether oxygens (including phenoxy) is 2. The van der Waals surface area contributed by atoms with Gasteiger partial charge in [0, 0.05) is 6.54 Å². The first-order valence-electron chi connectivity index (χ1n) is 6.11. The molecule has 4 heteroatoms. The van der Waals surface area contributed by atoms with E-state index in [0.717, 1.165) is 30.3 Å². The van der Waals surface area contributed by atoms with Crippen molar-refractivity contribution in [1.82, 2.24) is 5.32 Å². The van der Waals surface area contributed by atoms with Crippen LogP contribution >= 0.6 is 11.6 Å². The van der Waals surface area contributed by atoms with E-state index in [1.807, 2.05) is 12.1 Å². The molecule has 0 bridgehead atoms. The smallest absolute Gasteiger partial charge is 0.231 e. The van der Waals surface area contributed by atoms with Gasteiger partial charge >= 0.3 is 0 Å². The molecule has 0 spiro atoms. The Bertz CT molecular complexity index is 418. The second kappa shape index (κ2) is 4.75. The highest BCUT2D eigenvalue weighted by Gasteiger charge is 2.20. The summed E-state index contributed by atoms with van der Waals surface area (Å²) in [6, 6.07) is 3.94. The van der Waals surface area contributed by atoms with Crippen molar-refractivity contribution in [3.05, 3.63) is 22.7 Å². The van der Waals surface area contributed by atoms with Crippen LogP contribution in [-0.4, -0.2) is 13.3 Å². The van der Waals surface area contributed by atoms with Crippen LogP contribution in [-0.2, 0) is 6.54 Å². The van der Waals surface area contributed by atoms with Gasteiger partial charge in [-0.1, -0.05) is 24.4 Å². The molecule has 0 amide bonds. The molecule has 92 valence electrons. The SMILES string of the molecule is Clc1cc(CNCCC2CC2)cc2c1OCO2. The molecule has 3 rings (SSSR count). The van der Waals surface area contributed by atoms with Gasteiger partial charge in [-0.3, -0.25) is 0 Å². The largest absolute Gasteiger partial charge is 0.454 e. The molecule has 0 radical (unpaired) electrons. The third kappa shape index (κ3) is 2.67. The quantitative estimate of drug-likeness (QED) is 0.819. The summed E-state index contributed by atoms with van der Waals surface area (Å²) >= 11 is 6.12. The summed E-state index contributed by atoms with van der Waals surface area (Å²) in [5, 5.41) is 4.07. The van der Waals surface area contributed by atoms with Crippen LogP contribution in [0.25, 0.3) is 0 Å². The van der Waals surface area contributed by atoms with Gasteiger partial charge in [-0.15, -0.1) is 0 Å². The Morgan fingerprint density at radius 2 is 2.18 bits per heavy atom. The number of halogens is 1. The van der Waals surface area contributed by atoms with E-state index in [-0.39, 0.29) is 6.79 Å². The zero-order valence-electron chi connectivity index (χ0n) is 9.67. The van der Waals surface area contributed by atoms with Crippen LogP contribution in [0.1, 0.15) is 24.8 Å². The fraction of sp³-hybridized carbons (Fsp3) is 0.538. The second-order valence-corrected chi connectivity index (χ2v) is 5.13. The van der Waals surface area contributed by atoms with Crippen LogP contribution < -0.4 is 14.8 Å². The maximum absolute atomic E-state index is 6.12. The summed E-state index contributed by atoms with van der Waals surface area (Å²) in [6.45, 7) is 2.19. The lowest BCUT2D eigenvalue weighted by atomic mass is 10.2. The summed E-state index contributed by atoms with van der Waals surface area (Å²) in [5.41, 5.74) is 1.15. The van der Waals surface area contributed by atoms with Gasteiger partial charge in [0.05, 0.1) is 5.02 Å². The first-order chi connectivity index (χ1) is 8.33. The summed E-state index contributed by atoms with van der Waals surface area (Å²) < 4.78 is 10.6. The van der Waals surface area contributed by atoms with Crippen molar-refractivity contribution in [1.29, 1.82) is 0 Å². The molecule has 3 nitrogen and oxygen atoms in total. The van der Waals surface area contributed by atoms with Gasteiger partial charge in [-0.05, 0) is 36.6 Å². The van der Waals surface area contributed by atoms with E-state index in [0.29, 0.717) is 10.8 Å². The van der Waals surface area contributed by atoms with Crippen molar-refractivity contribution in [2.75, 3.05) is 13.3 Å². The molecule has 1 aromatic carbocycles. The molecule has 0 atom stereocenters. The first kappa shape index (κ1) is 11.2. The van der Waals surface area contributed by atoms with Crippen LogP contribution in [0.3, 0.4) is 0 Å². The first-order valence-corrected chi connectivity index (χ1v) is 6.49. The summed E-state index contributed by atoms with van der Waals surface area (Å²) in [5.74, 6) is 2.41. The van der Waals surface area contributed by atoms with E-state index < -0.39 is 0 Å². The van der Waals surface area contributed by atoms with Gasteiger partial charge in [0.15, 0.2) is 11.5 Å². The van der Waals surface area contributed by atoms with Crippen molar-refractivity contribution in [3.8, 4) is 11.5 Å². The number of hydrogen-bond acceptors (Lipinski definition) is 3. The molecule has 1 fully saturated rings. The molecule has 0 saturated heterocycles. The Balaban J connectivity index is 1.57. The summed E-state index contributed by atoms with van der Waals surface area (Å²) in [7, 11) is 0. The van der Waals surface area contributed by atoms with Crippen molar-refractivity contribution in [2.24, 2.45) is 5.92 Å². The number of nitrogens with one attached hydrogen (secondary N) is 1. The van der Waals surface area contributed by atoms with E-state index in [1.54, 1.807) is 0 Å². The topological polar surface area (TPSA) is 30.5 Å². The highest BCUT2D eigenvalue weighted by molar-refractivity contribution is 6.32. The number of hydrogen-bond donors (Lipinski definition) is 1. The molecule has 0 unspecified atom stereocenters. The molecule has 1 saturated carbocycles. The van der Waals surface area contributed by atoms with Gasteiger partial charge in [-0.2, -0.15) is 0 Å². The molecular weight excluding hydrogens is 238 g/mol. The number of benzene rings is 1. The van der Waals surface area contributed by atoms with Crippen LogP contribution in [0.5, 0.6) is 11.5 Å². The molecule has 17 heavy (non-hydrogen) atoms. The predicted octanol–water partition coefficient (Wildman–Crippen LogP) is 2.96. The van der Waals surface area contributed by atoms with Crippen LogP contribution in [0.2, 0.25) is 5.02 Å². The minimum absolute atomic E-state index is 0.271. The molecule has 1 heterocycles. The Kier molecular flexibility index (Phi) is 3.12. The minimum Gasteiger partial charge on any atom is -0.454 e. The van der Waals surface area contributed by atoms with E-state index in [4.69, 9.17) is 21.1 Å². The number of rotatable bonds is 5. The third-order valence-corrected chi connectivity index (χ3v) is 3.52. The van der Waals surface area contributed by atoms with Gasteiger partial charge in [0.25, 0.3) is 0 Å². The van der Waals surface area contributed by atoms with Gasteiger partial charge in [0.1, 0.15) is 0 Å². The van der Waals surface area contributed by atoms with Crippen LogP contribution in [0.15, 0.2) is 12.1 Å². The summed E-state index contributed by atoms with van der Waals surface area (Å²) in [4.78, 5) is 0. The summed E-state index contributed by atoms with van der Waals surface area (Å²) in [6.07, 6.45) is 4.12. The van der Waals surface area contributed by atoms with Crippen molar-refractivity contribution >= 4 is 11.6 Å². The Labute approximate surface area is 106 Å². The van der Waals surface area contributed by atoms with E-state index in [2.05, 4.69) is 5.32 Å². The predicted molar refractivity (Wildman–Crippen MR) is 66.6 cm³/mol. The fourth-order valence-corrected chi connectivity index (χ4v) is 2.36. The van der Waals surface area contributed by atoms with Crippen LogP contribution in [0, 0.1) is 5.92 Å². The van der Waals surface area contributed by atoms with Crippen LogP contribution in [0.4, 0.5) is 0 Å². The lowest BCUT2D eigenvalue weighted by Crippen LogP contribution is -2.15. The zero-order chi connectivity index (χ0) is 11.7. The molecule has 1 aliphatic heterocycles. The highest BCUT2D eigenvalue weighted by atomic mass is 35.5. The van der Waals surface area contributed by atoms with Crippen molar-refractivity contribution in [3.63, 3.8) is 0 Å². The van der Waals surface area contributed by atoms with Gasteiger partial charge < -0.3 is 14.8 Å².